The van der Waals surface area contributed by atoms with E-state index in [1.165, 1.54) is 5.56 Å². The van der Waals surface area contributed by atoms with Crippen molar-refractivity contribution < 1.29 is 4.21 Å². The number of benzene rings is 4. The van der Waals surface area contributed by atoms with Gasteiger partial charge in [0, 0.05) is 22.0 Å². The maximum absolute atomic E-state index is 13.6. The summed E-state index contributed by atoms with van der Waals surface area (Å²) < 4.78 is 15.9. The molecule has 0 spiro atoms. The summed E-state index contributed by atoms with van der Waals surface area (Å²) in [5.74, 6) is 0. The molecule has 0 N–H and O–H groups in total. The van der Waals surface area contributed by atoms with Gasteiger partial charge < -0.3 is 4.57 Å². The Morgan fingerprint density at radius 1 is 0.724 bits per heavy atom. The lowest BCUT2D eigenvalue weighted by atomic mass is 10.0. The summed E-state index contributed by atoms with van der Waals surface area (Å²) in [6.07, 6.45) is 0. The zero-order valence-corrected chi connectivity index (χ0v) is 17.1. The highest BCUT2D eigenvalue weighted by molar-refractivity contribution is 7.86. The second-order valence-corrected chi connectivity index (χ2v) is 9.18. The normalized spacial score (nSPS) is 15.0. The molecule has 1 aliphatic heterocycles. The number of aryl methyl sites for hydroxylation is 2. The van der Waals surface area contributed by atoms with Gasteiger partial charge in [0.1, 0.15) is 0 Å². The minimum absolute atomic E-state index is 0.930. The third-order valence-corrected chi connectivity index (χ3v) is 7.43. The zero-order chi connectivity index (χ0) is 19.7. The summed E-state index contributed by atoms with van der Waals surface area (Å²) in [7, 11) is -1.17. The Kier molecular flexibility index (Phi) is 3.42. The molecule has 4 aromatic carbocycles. The van der Waals surface area contributed by atoms with Crippen molar-refractivity contribution in [1.29, 1.82) is 0 Å². The SMILES string of the molecule is Cc1ccc(-n2c3ccccc3c3c4c(ccc32)-c2ccc(C)cc2S4=O)cc1. The molecule has 1 atom stereocenters. The van der Waals surface area contributed by atoms with E-state index in [9.17, 15) is 4.21 Å². The maximum atomic E-state index is 13.6. The van der Waals surface area contributed by atoms with Crippen LogP contribution in [0.15, 0.2) is 88.7 Å². The lowest BCUT2D eigenvalue weighted by Crippen LogP contribution is -1.94. The van der Waals surface area contributed by atoms with Gasteiger partial charge in [-0.3, -0.25) is 0 Å². The molecular formula is C26H19NOS. The van der Waals surface area contributed by atoms with E-state index < -0.39 is 10.8 Å². The van der Waals surface area contributed by atoms with E-state index in [-0.39, 0.29) is 0 Å². The molecule has 3 heteroatoms. The smallest absolute Gasteiger partial charge is 0.0869 e. The molecule has 2 nitrogen and oxygen atoms in total. The molecule has 6 rings (SSSR count). The molecular weight excluding hydrogens is 374 g/mol. The van der Waals surface area contributed by atoms with E-state index in [0.717, 1.165) is 54.0 Å². The van der Waals surface area contributed by atoms with Crippen molar-refractivity contribution in [3.63, 3.8) is 0 Å². The molecule has 0 saturated carbocycles. The molecule has 0 radical (unpaired) electrons. The van der Waals surface area contributed by atoms with Crippen LogP contribution < -0.4 is 0 Å². The van der Waals surface area contributed by atoms with Gasteiger partial charge in [0.25, 0.3) is 0 Å². The molecule has 29 heavy (non-hydrogen) atoms. The van der Waals surface area contributed by atoms with Gasteiger partial charge in [-0.2, -0.15) is 0 Å². The highest BCUT2D eigenvalue weighted by Crippen LogP contribution is 2.47. The van der Waals surface area contributed by atoms with Crippen LogP contribution in [0.1, 0.15) is 11.1 Å². The molecule has 0 amide bonds. The second kappa shape index (κ2) is 5.91. The fraction of sp³-hybridized carbons (Fsp3) is 0.0769. The van der Waals surface area contributed by atoms with Crippen LogP contribution >= 0.6 is 0 Å². The number of rotatable bonds is 1. The molecule has 0 bridgehead atoms. The van der Waals surface area contributed by atoms with Gasteiger partial charge in [-0.15, -0.1) is 0 Å². The zero-order valence-electron chi connectivity index (χ0n) is 16.3. The minimum atomic E-state index is -1.17. The molecule has 0 saturated heterocycles. The fourth-order valence-electron chi connectivity index (χ4n) is 4.52. The highest BCUT2D eigenvalue weighted by Gasteiger charge is 2.30. The standard InChI is InChI=1S/C26H19NOS/c1-16-7-10-18(11-8-16)27-22-6-4-3-5-21(22)25-23(27)14-13-20-19-12-9-17(2)15-24(19)29(28)26(20)25/h3-15H,1-2H3. The lowest BCUT2D eigenvalue weighted by Gasteiger charge is -2.09. The Morgan fingerprint density at radius 3 is 2.28 bits per heavy atom. The third kappa shape index (κ3) is 2.25. The Balaban J connectivity index is 1.77. The van der Waals surface area contributed by atoms with Gasteiger partial charge in [0.05, 0.1) is 31.6 Å². The Morgan fingerprint density at radius 2 is 1.45 bits per heavy atom. The van der Waals surface area contributed by atoms with Crippen LogP contribution in [-0.2, 0) is 10.8 Å². The van der Waals surface area contributed by atoms with Crippen LogP contribution in [0.5, 0.6) is 0 Å². The summed E-state index contributed by atoms with van der Waals surface area (Å²) in [6, 6.07) is 27.6. The number of para-hydroxylation sites is 1. The van der Waals surface area contributed by atoms with E-state index in [1.807, 2.05) is 0 Å². The topological polar surface area (TPSA) is 22.0 Å². The molecule has 1 aromatic heterocycles. The average Bonchev–Trinajstić information content (AvgIpc) is 3.21. The predicted octanol–water partition coefficient (Wildman–Crippen LogP) is 6.55. The largest absolute Gasteiger partial charge is 0.309 e. The minimum Gasteiger partial charge on any atom is -0.309 e. The van der Waals surface area contributed by atoms with Crippen LogP contribution in [0.4, 0.5) is 0 Å². The van der Waals surface area contributed by atoms with Crippen molar-refractivity contribution in [2.45, 2.75) is 23.6 Å². The number of aromatic nitrogens is 1. The van der Waals surface area contributed by atoms with Crippen molar-refractivity contribution in [1.82, 2.24) is 4.57 Å². The predicted molar refractivity (Wildman–Crippen MR) is 120 cm³/mol. The van der Waals surface area contributed by atoms with E-state index in [0.29, 0.717) is 0 Å². The first kappa shape index (κ1) is 16.8. The van der Waals surface area contributed by atoms with Crippen molar-refractivity contribution in [3.05, 3.63) is 90.0 Å². The van der Waals surface area contributed by atoms with Crippen LogP contribution in [0.3, 0.4) is 0 Å². The summed E-state index contributed by atoms with van der Waals surface area (Å²) in [5, 5.41) is 2.25. The second-order valence-electron chi connectivity index (χ2n) is 7.79. The van der Waals surface area contributed by atoms with Crippen LogP contribution in [0.25, 0.3) is 38.6 Å². The average molecular weight is 394 g/mol. The summed E-state index contributed by atoms with van der Waals surface area (Å²) in [4.78, 5) is 1.88. The van der Waals surface area contributed by atoms with Gasteiger partial charge in [-0.1, -0.05) is 54.1 Å². The highest BCUT2D eigenvalue weighted by atomic mass is 32.2. The Bertz CT molecular complexity index is 1470. The third-order valence-electron chi connectivity index (χ3n) is 5.90. The first-order valence-electron chi connectivity index (χ1n) is 9.79. The van der Waals surface area contributed by atoms with Crippen molar-refractivity contribution in [2.24, 2.45) is 0 Å². The molecule has 140 valence electrons. The lowest BCUT2D eigenvalue weighted by molar-refractivity contribution is 0.685. The molecule has 1 aliphatic rings. The molecule has 1 unspecified atom stereocenters. The fourth-order valence-corrected chi connectivity index (χ4v) is 6.19. The van der Waals surface area contributed by atoms with Gasteiger partial charge in [0.15, 0.2) is 0 Å². The molecule has 5 aromatic rings. The molecule has 2 heterocycles. The van der Waals surface area contributed by atoms with Gasteiger partial charge in [-0.25, -0.2) is 4.21 Å². The number of hydrogen-bond donors (Lipinski definition) is 0. The first-order valence-corrected chi connectivity index (χ1v) is 10.9. The molecule has 0 aliphatic carbocycles. The van der Waals surface area contributed by atoms with Crippen molar-refractivity contribution in [2.75, 3.05) is 0 Å². The van der Waals surface area contributed by atoms with E-state index in [4.69, 9.17) is 0 Å². The summed E-state index contributed by atoms with van der Waals surface area (Å²) >= 11 is 0. The number of hydrogen-bond acceptors (Lipinski definition) is 1. The van der Waals surface area contributed by atoms with Crippen LogP contribution in [0, 0.1) is 13.8 Å². The maximum Gasteiger partial charge on any atom is 0.0869 e. The Labute approximate surface area is 171 Å². The summed E-state index contributed by atoms with van der Waals surface area (Å²) in [5.41, 5.74) is 7.94. The van der Waals surface area contributed by atoms with E-state index >= 15 is 0 Å². The van der Waals surface area contributed by atoms with Gasteiger partial charge in [0.2, 0.25) is 0 Å². The van der Waals surface area contributed by atoms with Crippen LogP contribution in [-0.4, -0.2) is 8.78 Å². The monoisotopic (exact) mass is 393 g/mol. The van der Waals surface area contributed by atoms with E-state index in [2.05, 4.69) is 97.3 Å². The van der Waals surface area contributed by atoms with Crippen LogP contribution in [0.2, 0.25) is 0 Å². The van der Waals surface area contributed by atoms with Crippen molar-refractivity contribution in [3.8, 4) is 16.8 Å². The summed E-state index contributed by atoms with van der Waals surface area (Å²) in [6.45, 7) is 4.16. The first-order chi connectivity index (χ1) is 14.1. The Hall–Kier alpha value is -3.17. The number of nitrogens with zero attached hydrogens (tertiary/aromatic N) is 1. The number of fused-ring (bicyclic) bond motifs is 7. The quantitative estimate of drug-likeness (QED) is 0.310. The van der Waals surface area contributed by atoms with Crippen molar-refractivity contribution >= 4 is 32.6 Å². The van der Waals surface area contributed by atoms with Gasteiger partial charge in [-0.05, 0) is 55.3 Å². The molecule has 0 fully saturated rings. The van der Waals surface area contributed by atoms with Gasteiger partial charge >= 0.3 is 0 Å². The van der Waals surface area contributed by atoms with E-state index in [1.54, 1.807) is 0 Å².